The van der Waals surface area contributed by atoms with Crippen molar-refractivity contribution in [2.75, 3.05) is 46.8 Å². The second-order valence-electron chi connectivity index (χ2n) is 9.16. The van der Waals surface area contributed by atoms with Crippen LogP contribution in [-0.4, -0.2) is 74.7 Å². The third-order valence-electron chi connectivity index (χ3n) is 5.75. The molecular formula is C24H43N5O. The minimum Gasteiger partial charge on any atom is -0.490 e. The van der Waals surface area contributed by atoms with Crippen LogP contribution in [-0.2, 0) is 6.54 Å². The molecule has 0 saturated carbocycles. The van der Waals surface area contributed by atoms with Crippen molar-refractivity contribution in [3.05, 3.63) is 29.3 Å². The van der Waals surface area contributed by atoms with Gasteiger partial charge in [0.05, 0.1) is 6.10 Å². The van der Waals surface area contributed by atoms with Gasteiger partial charge in [-0.05, 0) is 51.8 Å². The summed E-state index contributed by atoms with van der Waals surface area (Å²) in [5.41, 5.74) is 2.38. The zero-order valence-electron chi connectivity index (χ0n) is 20.2. The minimum atomic E-state index is 0.201. The highest BCUT2D eigenvalue weighted by atomic mass is 16.5. The van der Waals surface area contributed by atoms with E-state index < -0.39 is 0 Å². The molecule has 6 heteroatoms. The number of aliphatic imine (C=N–C) groups is 1. The predicted molar refractivity (Wildman–Crippen MR) is 127 cm³/mol. The zero-order valence-corrected chi connectivity index (χ0v) is 20.2. The highest BCUT2D eigenvalue weighted by Crippen LogP contribution is 2.23. The van der Waals surface area contributed by atoms with Crippen molar-refractivity contribution in [1.82, 2.24) is 20.4 Å². The van der Waals surface area contributed by atoms with Crippen molar-refractivity contribution in [2.24, 2.45) is 10.9 Å². The van der Waals surface area contributed by atoms with Crippen molar-refractivity contribution in [1.29, 1.82) is 0 Å². The van der Waals surface area contributed by atoms with Gasteiger partial charge in [-0.25, -0.2) is 0 Å². The van der Waals surface area contributed by atoms with Gasteiger partial charge in [0.1, 0.15) is 5.75 Å². The van der Waals surface area contributed by atoms with Crippen LogP contribution < -0.4 is 15.4 Å². The summed E-state index contributed by atoms with van der Waals surface area (Å²) in [4.78, 5) is 9.34. The van der Waals surface area contributed by atoms with Gasteiger partial charge in [0.15, 0.2) is 5.96 Å². The molecule has 1 saturated heterocycles. The standard InChI is InChI=1S/C24H43N5O/c1-18(2)14-21(5)30-23-15-19(3)8-9-22(23)17-27-24(25-6)26-16-20(4)29-12-10-28(7)11-13-29/h8-9,15,18,20-21H,10-14,16-17H2,1-7H3,(H2,25,26,27). The second-order valence-corrected chi connectivity index (χ2v) is 9.16. The Hall–Kier alpha value is -1.79. The largest absolute Gasteiger partial charge is 0.490 e. The van der Waals surface area contributed by atoms with Crippen molar-refractivity contribution in [3.63, 3.8) is 0 Å². The summed E-state index contributed by atoms with van der Waals surface area (Å²) in [7, 11) is 4.02. The van der Waals surface area contributed by atoms with Crippen LogP contribution in [0.3, 0.4) is 0 Å². The van der Waals surface area contributed by atoms with Gasteiger partial charge in [0.25, 0.3) is 0 Å². The molecule has 0 radical (unpaired) electrons. The number of nitrogens with zero attached hydrogens (tertiary/aromatic N) is 3. The van der Waals surface area contributed by atoms with Gasteiger partial charge in [0, 0.05) is 57.9 Å². The molecule has 1 aliphatic rings. The van der Waals surface area contributed by atoms with Gasteiger partial charge in [-0.2, -0.15) is 0 Å². The molecule has 30 heavy (non-hydrogen) atoms. The van der Waals surface area contributed by atoms with E-state index in [1.165, 1.54) is 5.56 Å². The zero-order chi connectivity index (χ0) is 22.1. The van der Waals surface area contributed by atoms with E-state index in [-0.39, 0.29) is 6.10 Å². The molecule has 1 fully saturated rings. The Morgan fingerprint density at radius 1 is 1.10 bits per heavy atom. The summed E-state index contributed by atoms with van der Waals surface area (Å²) in [5, 5.41) is 6.95. The van der Waals surface area contributed by atoms with Gasteiger partial charge < -0.3 is 20.3 Å². The average Bonchev–Trinajstić information content (AvgIpc) is 2.69. The number of nitrogens with one attached hydrogen (secondary N) is 2. The van der Waals surface area contributed by atoms with Crippen molar-refractivity contribution in [3.8, 4) is 5.75 Å². The molecule has 170 valence electrons. The minimum absolute atomic E-state index is 0.201. The molecule has 0 aromatic heterocycles. The van der Waals surface area contributed by atoms with Crippen molar-refractivity contribution in [2.45, 2.75) is 59.7 Å². The molecule has 0 aliphatic carbocycles. The molecule has 2 N–H and O–H groups in total. The van der Waals surface area contributed by atoms with E-state index in [1.807, 2.05) is 7.05 Å². The van der Waals surface area contributed by atoms with Gasteiger partial charge in [-0.15, -0.1) is 0 Å². The second kappa shape index (κ2) is 12.2. The first-order valence-electron chi connectivity index (χ1n) is 11.4. The van der Waals surface area contributed by atoms with Crippen molar-refractivity contribution < 1.29 is 4.74 Å². The van der Waals surface area contributed by atoms with E-state index in [4.69, 9.17) is 4.74 Å². The molecule has 0 amide bonds. The van der Waals surface area contributed by atoms with Crippen LogP contribution in [0, 0.1) is 12.8 Å². The lowest BCUT2D eigenvalue weighted by Crippen LogP contribution is -2.52. The number of hydrogen-bond donors (Lipinski definition) is 2. The lowest BCUT2D eigenvalue weighted by molar-refractivity contribution is 0.120. The quantitative estimate of drug-likeness (QED) is 0.478. The van der Waals surface area contributed by atoms with E-state index >= 15 is 0 Å². The number of ether oxygens (including phenoxy) is 1. The summed E-state index contributed by atoms with van der Waals surface area (Å²) in [5.74, 6) is 2.42. The van der Waals surface area contributed by atoms with Crippen LogP contribution in [0.25, 0.3) is 0 Å². The SMILES string of the molecule is CN=C(NCc1ccc(C)cc1OC(C)CC(C)C)NCC(C)N1CCN(C)CC1. The summed E-state index contributed by atoms with van der Waals surface area (Å²) in [6.45, 7) is 17.1. The number of likely N-dealkylation sites (N-methyl/N-ethyl adjacent to an activating group) is 1. The molecule has 2 unspecified atom stereocenters. The van der Waals surface area contributed by atoms with E-state index in [2.05, 4.69) is 85.3 Å². The smallest absolute Gasteiger partial charge is 0.191 e. The maximum atomic E-state index is 6.28. The number of aryl methyl sites for hydroxylation is 1. The Bertz CT molecular complexity index is 668. The third-order valence-corrected chi connectivity index (χ3v) is 5.75. The summed E-state index contributed by atoms with van der Waals surface area (Å²) < 4.78 is 6.28. The Morgan fingerprint density at radius 2 is 1.80 bits per heavy atom. The lowest BCUT2D eigenvalue weighted by atomic mass is 10.1. The van der Waals surface area contributed by atoms with Crippen LogP contribution in [0.5, 0.6) is 5.75 Å². The number of benzene rings is 1. The molecule has 0 bridgehead atoms. The normalized spacial score (nSPS) is 18.3. The molecule has 1 heterocycles. The Morgan fingerprint density at radius 3 is 2.43 bits per heavy atom. The average molecular weight is 418 g/mol. The van der Waals surface area contributed by atoms with Crippen LogP contribution >= 0.6 is 0 Å². The lowest BCUT2D eigenvalue weighted by Gasteiger charge is -2.36. The van der Waals surface area contributed by atoms with Crippen LogP contribution in [0.4, 0.5) is 0 Å². The van der Waals surface area contributed by atoms with E-state index in [1.54, 1.807) is 0 Å². The Labute approximate surface area is 184 Å². The summed E-state index contributed by atoms with van der Waals surface area (Å²) >= 11 is 0. The van der Waals surface area contributed by atoms with E-state index in [9.17, 15) is 0 Å². The van der Waals surface area contributed by atoms with E-state index in [0.717, 1.165) is 56.4 Å². The molecule has 0 spiro atoms. The van der Waals surface area contributed by atoms with Gasteiger partial charge in [0.2, 0.25) is 0 Å². The van der Waals surface area contributed by atoms with Crippen LogP contribution in [0.1, 0.15) is 45.2 Å². The van der Waals surface area contributed by atoms with Gasteiger partial charge >= 0.3 is 0 Å². The molecule has 1 aliphatic heterocycles. The highest BCUT2D eigenvalue weighted by molar-refractivity contribution is 5.79. The van der Waals surface area contributed by atoms with Gasteiger partial charge in [-0.3, -0.25) is 9.89 Å². The van der Waals surface area contributed by atoms with Crippen LogP contribution in [0.2, 0.25) is 0 Å². The maximum absolute atomic E-state index is 6.28. The molecule has 6 nitrogen and oxygen atoms in total. The number of rotatable bonds is 9. The fourth-order valence-corrected chi connectivity index (χ4v) is 3.88. The Balaban J connectivity index is 1.88. The number of hydrogen-bond acceptors (Lipinski definition) is 4. The van der Waals surface area contributed by atoms with E-state index in [0.29, 0.717) is 18.5 Å². The monoisotopic (exact) mass is 417 g/mol. The third kappa shape index (κ3) is 8.15. The fourth-order valence-electron chi connectivity index (χ4n) is 3.88. The fraction of sp³-hybridized carbons (Fsp3) is 0.708. The molecule has 2 atom stereocenters. The highest BCUT2D eigenvalue weighted by Gasteiger charge is 2.19. The van der Waals surface area contributed by atoms with Crippen molar-refractivity contribution >= 4 is 5.96 Å². The number of guanidine groups is 1. The summed E-state index contributed by atoms with van der Waals surface area (Å²) in [6.07, 6.45) is 1.25. The molecule has 1 aromatic rings. The van der Waals surface area contributed by atoms with Crippen LogP contribution in [0.15, 0.2) is 23.2 Å². The molecular weight excluding hydrogens is 374 g/mol. The predicted octanol–water partition coefficient (Wildman–Crippen LogP) is 3.11. The summed E-state index contributed by atoms with van der Waals surface area (Å²) in [6, 6.07) is 6.91. The first-order valence-corrected chi connectivity index (χ1v) is 11.4. The number of piperazine rings is 1. The van der Waals surface area contributed by atoms with Gasteiger partial charge in [-0.1, -0.05) is 26.0 Å². The molecule has 2 rings (SSSR count). The first kappa shape index (κ1) is 24.5. The maximum Gasteiger partial charge on any atom is 0.191 e. The molecule has 1 aromatic carbocycles. The first-order chi connectivity index (χ1) is 14.3. The Kier molecular flexibility index (Phi) is 9.92. The topological polar surface area (TPSA) is 52.1 Å².